The number of alkyl halides is 1. The highest BCUT2D eigenvalue weighted by atomic mass is 35.5. The van der Waals surface area contributed by atoms with Crippen LogP contribution in [0.2, 0.25) is 0 Å². The van der Waals surface area contributed by atoms with Crippen molar-refractivity contribution in [2.24, 2.45) is 0 Å². The number of rotatable bonds is 5. The Hall–Kier alpha value is -1.06. The Labute approximate surface area is 107 Å². The maximum absolute atomic E-state index is 11.9. The summed E-state index contributed by atoms with van der Waals surface area (Å²) in [6.45, 7) is 4.31. The molecule has 0 heterocycles. The molecule has 1 N–H and O–H groups in total. The van der Waals surface area contributed by atoms with Crippen LogP contribution in [0.25, 0.3) is 0 Å². The summed E-state index contributed by atoms with van der Waals surface area (Å²) >= 11 is 5.69. The first kappa shape index (κ1) is 14.0. The minimum Gasteiger partial charge on any atom is -0.382 e. The molecule has 3 nitrogen and oxygen atoms in total. The van der Waals surface area contributed by atoms with E-state index >= 15 is 0 Å². The number of carbonyl (C=O) groups excluding carboxylic acids is 1. The van der Waals surface area contributed by atoms with Gasteiger partial charge in [-0.2, -0.15) is 0 Å². The maximum Gasteiger partial charge on any atom is 0.251 e. The lowest BCUT2D eigenvalue weighted by Crippen LogP contribution is -2.46. The van der Waals surface area contributed by atoms with Crippen LogP contribution in [-0.2, 0) is 10.6 Å². The van der Waals surface area contributed by atoms with Crippen molar-refractivity contribution in [3.63, 3.8) is 0 Å². The minimum absolute atomic E-state index is 0.104. The van der Waals surface area contributed by atoms with E-state index < -0.39 is 0 Å². The summed E-state index contributed by atoms with van der Waals surface area (Å²) < 4.78 is 5.05. The van der Waals surface area contributed by atoms with Crippen molar-refractivity contribution in [1.29, 1.82) is 0 Å². The molecule has 0 fully saturated rings. The second-order valence-corrected chi connectivity index (χ2v) is 4.87. The van der Waals surface area contributed by atoms with Crippen molar-refractivity contribution in [3.05, 3.63) is 35.4 Å². The van der Waals surface area contributed by atoms with E-state index in [0.717, 1.165) is 5.56 Å². The highest BCUT2D eigenvalue weighted by molar-refractivity contribution is 6.17. The summed E-state index contributed by atoms with van der Waals surface area (Å²) in [5, 5.41) is 2.91. The second-order valence-electron chi connectivity index (χ2n) is 4.60. The molecule has 0 bridgehead atoms. The fourth-order valence-electron chi connectivity index (χ4n) is 1.52. The van der Waals surface area contributed by atoms with Crippen LogP contribution in [0.3, 0.4) is 0 Å². The summed E-state index contributed by atoms with van der Waals surface area (Å²) in [5.74, 6) is 0.352. The molecular weight excluding hydrogens is 238 g/mol. The SMILES string of the molecule is COCC(C)(C)NC(=O)c1ccc(CCl)cc1. The third-order valence-corrected chi connectivity index (χ3v) is 2.64. The lowest BCUT2D eigenvalue weighted by molar-refractivity contribution is 0.0820. The number of carbonyl (C=O) groups is 1. The molecule has 0 spiro atoms. The predicted molar refractivity (Wildman–Crippen MR) is 69.4 cm³/mol. The van der Waals surface area contributed by atoms with Gasteiger partial charge in [-0.3, -0.25) is 4.79 Å². The quantitative estimate of drug-likeness (QED) is 0.822. The fourth-order valence-corrected chi connectivity index (χ4v) is 1.70. The van der Waals surface area contributed by atoms with Crippen molar-refractivity contribution >= 4 is 17.5 Å². The van der Waals surface area contributed by atoms with Crippen LogP contribution in [0.15, 0.2) is 24.3 Å². The van der Waals surface area contributed by atoms with Gasteiger partial charge in [-0.15, -0.1) is 11.6 Å². The number of methoxy groups -OCH3 is 1. The number of nitrogens with one attached hydrogen (secondary N) is 1. The van der Waals surface area contributed by atoms with Gasteiger partial charge in [0.2, 0.25) is 0 Å². The van der Waals surface area contributed by atoms with Crippen LogP contribution in [0.1, 0.15) is 29.8 Å². The summed E-state index contributed by atoms with van der Waals surface area (Å²) in [5.41, 5.74) is 1.25. The summed E-state index contributed by atoms with van der Waals surface area (Å²) in [4.78, 5) is 11.9. The Kier molecular flexibility index (Phi) is 4.97. The van der Waals surface area contributed by atoms with E-state index in [0.29, 0.717) is 18.1 Å². The average Bonchev–Trinajstić information content (AvgIpc) is 2.28. The van der Waals surface area contributed by atoms with Crippen molar-refractivity contribution in [1.82, 2.24) is 5.32 Å². The third kappa shape index (κ3) is 4.36. The van der Waals surface area contributed by atoms with Gasteiger partial charge in [0, 0.05) is 18.6 Å². The predicted octanol–water partition coefficient (Wildman–Crippen LogP) is 2.58. The van der Waals surface area contributed by atoms with Gasteiger partial charge in [0.15, 0.2) is 0 Å². The molecule has 0 aliphatic heterocycles. The molecule has 0 radical (unpaired) electrons. The Morgan fingerprint density at radius 2 is 1.94 bits per heavy atom. The molecule has 0 aliphatic rings. The van der Waals surface area contributed by atoms with E-state index in [1.165, 1.54) is 0 Å². The highest BCUT2D eigenvalue weighted by Gasteiger charge is 2.20. The van der Waals surface area contributed by atoms with Crippen molar-refractivity contribution in [2.45, 2.75) is 25.3 Å². The molecule has 1 aromatic carbocycles. The van der Waals surface area contributed by atoms with E-state index in [9.17, 15) is 4.79 Å². The molecule has 0 atom stereocenters. The minimum atomic E-state index is -0.378. The first-order valence-electron chi connectivity index (χ1n) is 5.45. The molecule has 4 heteroatoms. The number of amides is 1. The van der Waals surface area contributed by atoms with Crippen LogP contribution in [0.4, 0.5) is 0 Å². The highest BCUT2D eigenvalue weighted by Crippen LogP contribution is 2.09. The van der Waals surface area contributed by atoms with E-state index in [1.807, 2.05) is 26.0 Å². The van der Waals surface area contributed by atoms with Gasteiger partial charge in [-0.05, 0) is 31.5 Å². The molecular formula is C13H18ClNO2. The molecule has 1 amide bonds. The van der Waals surface area contributed by atoms with E-state index in [4.69, 9.17) is 16.3 Å². The largest absolute Gasteiger partial charge is 0.382 e. The number of benzene rings is 1. The lowest BCUT2D eigenvalue weighted by atomic mass is 10.1. The van der Waals surface area contributed by atoms with Gasteiger partial charge in [-0.1, -0.05) is 12.1 Å². The normalized spacial score (nSPS) is 11.3. The summed E-state index contributed by atoms with van der Waals surface area (Å²) in [7, 11) is 1.61. The molecule has 1 aromatic rings. The van der Waals surface area contributed by atoms with E-state index in [1.54, 1.807) is 19.2 Å². The topological polar surface area (TPSA) is 38.3 Å². The Bertz CT molecular complexity index is 374. The van der Waals surface area contributed by atoms with Gasteiger partial charge in [0.05, 0.1) is 12.1 Å². The van der Waals surface area contributed by atoms with Gasteiger partial charge < -0.3 is 10.1 Å². The molecule has 0 unspecified atom stereocenters. The second kappa shape index (κ2) is 6.03. The zero-order chi connectivity index (χ0) is 12.9. The van der Waals surface area contributed by atoms with Crippen molar-refractivity contribution < 1.29 is 9.53 Å². The monoisotopic (exact) mass is 255 g/mol. The molecule has 94 valence electrons. The number of ether oxygens (including phenoxy) is 1. The van der Waals surface area contributed by atoms with Crippen LogP contribution in [-0.4, -0.2) is 25.2 Å². The fraction of sp³-hybridized carbons (Fsp3) is 0.462. The standard InChI is InChI=1S/C13H18ClNO2/c1-13(2,9-17-3)15-12(16)11-6-4-10(8-14)5-7-11/h4-7H,8-9H2,1-3H3,(H,15,16). The average molecular weight is 256 g/mol. The first-order valence-corrected chi connectivity index (χ1v) is 5.98. The summed E-state index contributed by atoms with van der Waals surface area (Å²) in [6, 6.07) is 7.25. The van der Waals surface area contributed by atoms with Crippen LogP contribution >= 0.6 is 11.6 Å². The van der Waals surface area contributed by atoms with Gasteiger partial charge in [0.1, 0.15) is 0 Å². The number of hydrogen-bond donors (Lipinski definition) is 1. The Balaban J connectivity index is 2.69. The maximum atomic E-state index is 11.9. The molecule has 0 aromatic heterocycles. The van der Waals surface area contributed by atoms with E-state index in [-0.39, 0.29) is 11.4 Å². The van der Waals surface area contributed by atoms with Gasteiger partial charge >= 0.3 is 0 Å². The molecule has 0 aliphatic carbocycles. The van der Waals surface area contributed by atoms with E-state index in [2.05, 4.69) is 5.32 Å². The van der Waals surface area contributed by atoms with Crippen LogP contribution in [0, 0.1) is 0 Å². The molecule has 1 rings (SSSR count). The number of hydrogen-bond acceptors (Lipinski definition) is 2. The first-order chi connectivity index (χ1) is 7.98. The Morgan fingerprint density at radius 1 is 1.35 bits per heavy atom. The lowest BCUT2D eigenvalue weighted by Gasteiger charge is -2.25. The molecule has 17 heavy (non-hydrogen) atoms. The van der Waals surface area contributed by atoms with Crippen molar-refractivity contribution in [2.75, 3.05) is 13.7 Å². The Morgan fingerprint density at radius 3 is 2.41 bits per heavy atom. The van der Waals surface area contributed by atoms with Crippen LogP contribution in [0.5, 0.6) is 0 Å². The smallest absolute Gasteiger partial charge is 0.251 e. The summed E-state index contributed by atoms with van der Waals surface area (Å²) in [6.07, 6.45) is 0. The third-order valence-electron chi connectivity index (χ3n) is 2.33. The van der Waals surface area contributed by atoms with Crippen LogP contribution < -0.4 is 5.32 Å². The van der Waals surface area contributed by atoms with Crippen molar-refractivity contribution in [3.8, 4) is 0 Å². The number of halogens is 1. The molecule has 0 saturated heterocycles. The van der Waals surface area contributed by atoms with Gasteiger partial charge in [-0.25, -0.2) is 0 Å². The molecule has 0 saturated carbocycles. The zero-order valence-electron chi connectivity index (χ0n) is 10.4. The zero-order valence-corrected chi connectivity index (χ0v) is 11.2. The van der Waals surface area contributed by atoms with Gasteiger partial charge in [0.25, 0.3) is 5.91 Å².